The third kappa shape index (κ3) is 3.57. The Balaban J connectivity index is 2.26. The number of aryl methyl sites for hydroxylation is 1. The second kappa shape index (κ2) is 5.04. The van der Waals surface area contributed by atoms with Gasteiger partial charge in [-0.1, -0.05) is 45.0 Å². The molecule has 2 nitrogen and oxygen atoms in total. The van der Waals surface area contributed by atoms with Crippen LogP contribution in [0.25, 0.3) is 10.8 Å². The van der Waals surface area contributed by atoms with Gasteiger partial charge in [-0.3, -0.25) is 0 Å². The number of hydrogen-bond donors (Lipinski definition) is 1. The van der Waals surface area contributed by atoms with Gasteiger partial charge in [0.1, 0.15) is 0 Å². The van der Waals surface area contributed by atoms with Crippen LogP contribution in [0, 0.1) is 5.41 Å². The summed E-state index contributed by atoms with van der Waals surface area (Å²) in [5.41, 5.74) is 1.99. The molecule has 0 aliphatic heterocycles. The van der Waals surface area contributed by atoms with Crippen LogP contribution in [0.2, 0.25) is 0 Å². The predicted molar refractivity (Wildman–Crippen MR) is 78.7 cm³/mol. The Hall–Kier alpha value is -1.83. The van der Waals surface area contributed by atoms with Crippen molar-refractivity contribution < 1.29 is 9.90 Å². The zero-order valence-electron chi connectivity index (χ0n) is 11.7. The summed E-state index contributed by atoms with van der Waals surface area (Å²) in [6, 6.07) is 11.6. The van der Waals surface area contributed by atoms with Crippen LogP contribution in [0.5, 0.6) is 0 Å². The molecule has 0 heterocycles. The molecule has 0 aliphatic carbocycles. The van der Waals surface area contributed by atoms with E-state index in [1.165, 1.54) is 5.56 Å². The largest absolute Gasteiger partial charge is 0.478 e. The first kappa shape index (κ1) is 13.6. The highest BCUT2D eigenvalue weighted by molar-refractivity contribution is 5.94. The molecule has 0 atom stereocenters. The van der Waals surface area contributed by atoms with Crippen LogP contribution in [-0.2, 0) is 6.42 Å². The van der Waals surface area contributed by atoms with Crippen LogP contribution in [-0.4, -0.2) is 11.1 Å². The van der Waals surface area contributed by atoms with Gasteiger partial charge in [-0.25, -0.2) is 4.79 Å². The van der Waals surface area contributed by atoms with Crippen LogP contribution in [0.15, 0.2) is 36.4 Å². The molecule has 0 unspecified atom stereocenters. The van der Waals surface area contributed by atoms with E-state index in [-0.39, 0.29) is 0 Å². The van der Waals surface area contributed by atoms with Crippen molar-refractivity contribution in [3.63, 3.8) is 0 Å². The van der Waals surface area contributed by atoms with Gasteiger partial charge in [-0.2, -0.15) is 0 Å². The Kier molecular flexibility index (Phi) is 3.61. The number of hydrogen-bond acceptors (Lipinski definition) is 1. The van der Waals surface area contributed by atoms with Gasteiger partial charge in [-0.05, 0) is 46.7 Å². The Morgan fingerprint density at radius 2 is 1.68 bits per heavy atom. The zero-order chi connectivity index (χ0) is 14.0. The minimum Gasteiger partial charge on any atom is -0.478 e. The monoisotopic (exact) mass is 256 g/mol. The number of aromatic carboxylic acids is 1. The molecule has 0 bridgehead atoms. The third-order valence-electron chi connectivity index (χ3n) is 3.32. The van der Waals surface area contributed by atoms with E-state index in [0.717, 1.165) is 23.6 Å². The van der Waals surface area contributed by atoms with Gasteiger partial charge < -0.3 is 5.11 Å². The average molecular weight is 256 g/mol. The number of rotatable bonds is 3. The van der Waals surface area contributed by atoms with E-state index in [1.807, 2.05) is 12.1 Å². The molecule has 100 valence electrons. The second-order valence-corrected chi connectivity index (χ2v) is 6.26. The van der Waals surface area contributed by atoms with Gasteiger partial charge >= 0.3 is 5.97 Å². The Labute approximate surface area is 114 Å². The summed E-state index contributed by atoms with van der Waals surface area (Å²) < 4.78 is 0. The molecule has 1 N–H and O–H groups in total. The summed E-state index contributed by atoms with van der Waals surface area (Å²) in [6.07, 6.45) is 2.20. The van der Waals surface area contributed by atoms with Gasteiger partial charge in [0.15, 0.2) is 0 Å². The van der Waals surface area contributed by atoms with Gasteiger partial charge in [0.25, 0.3) is 0 Å². The number of benzene rings is 2. The molecule has 0 aromatic heterocycles. The summed E-state index contributed by atoms with van der Waals surface area (Å²) >= 11 is 0. The maximum atomic E-state index is 10.9. The van der Waals surface area contributed by atoms with Gasteiger partial charge in [0, 0.05) is 0 Å². The highest BCUT2D eigenvalue weighted by Crippen LogP contribution is 2.24. The summed E-state index contributed by atoms with van der Waals surface area (Å²) in [6.45, 7) is 6.73. The fourth-order valence-corrected chi connectivity index (χ4v) is 2.10. The molecular formula is C17H20O2. The summed E-state index contributed by atoms with van der Waals surface area (Å²) in [5.74, 6) is -0.876. The molecule has 0 radical (unpaired) electrons. The fourth-order valence-electron chi connectivity index (χ4n) is 2.10. The van der Waals surface area contributed by atoms with E-state index in [0.29, 0.717) is 11.0 Å². The van der Waals surface area contributed by atoms with Crippen molar-refractivity contribution in [2.24, 2.45) is 5.41 Å². The van der Waals surface area contributed by atoms with Crippen LogP contribution in [0.4, 0.5) is 0 Å². The summed E-state index contributed by atoms with van der Waals surface area (Å²) in [7, 11) is 0. The normalized spacial score (nSPS) is 11.7. The Bertz CT molecular complexity index is 606. The van der Waals surface area contributed by atoms with Crippen LogP contribution < -0.4 is 0 Å². The lowest BCUT2D eigenvalue weighted by Gasteiger charge is -2.17. The SMILES string of the molecule is CC(C)(C)CCc1ccc2cc(C(=O)O)ccc2c1. The Morgan fingerprint density at radius 3 is 2.32 bits per heavy atom. The predicted octanol–water partition coefficient (Wildman–Crippen LogP) is 4.52. The van der Waals surface area contributed by atoms with E-state index in [9.17, 15) is 4.79 Å². The molecule has 0 saturated heterocycles. The van der Waals surface area contributed by atoms with E-state index < -0.39 is 5.97 Å². The second-order valence-electron chi connectivity index (χ2n) is 6.26. The van der Waals surface area contributed by atoms with Crippen molar-refractivity contribution in [3.05, 3.63) is 47.5 Å². The molecule has 2 heteroatoms. The number of carboxylic acid groups (broad SMARTS) is 1. The first-order chi connectivity index (χ1) is 8.85. The lowest BCUT2D eigenvalue weighted by molar-refractivity contribution is 0.0697. The molecule has 0 spiro atoms. The van der Waals surface area contributed by atoms with Crippen molar-refractivity contribution in [2.45, 2.75) is 33.6 Å². The average Bonchev–Trinajstić information content (AvgIpc) is 2.34. The van der Waals surface area contributed by atoms with E-state index in [4.69, 9.17) is 5.11 Å². The molecule has 2 aromatic rings. The van der Waals surface area contributed by atoms with Gasteiger partial charge in [0.05, 0.1) is 5.56 Å². The quantitative estimate of drug-likeness (QED) is 0.876. The van der Waals surface area contributed by atoms with Crippen molar-refractivity contribution >= 4 is 16.7 Å². The molecule has 0 fully saturated rings. The molecule has 19 heavy (non-hydrogen) atoms. The molecule has 0 amide bonds. The maximum absolute atomic E-state index is 10.9. The number of carboxylic acids is 1. The lowest BCUT2D eigenvalue weighted by atomic mass is 9.88. The molecule has 2 rings (SSSR count). The molecule has 2 aromatic carbocycles. The standard InChI is InChI=1S/C17H20O2/c1-17(2,3)9-8-12-4-5-14-11-15(16(18)19)7-6-13(14)10-12/h4-7,10-11H,8-9H2,1-3H3,(H,18,19). The third-order valence-corrected chi connectivity index (χ3v) is 3.32. The van der Waals surface area contributed by atoms with Crippen LogP contribution >= 0.6 is 0 Å². The van der Waals surface area contributed by atoms with Crippen molar-refractivity contribution in [1.82, 2.24) is 0 Å². The van der Waals surface area contributed by atoms with Crippen LogP contribution in [0.3, 0.4) is 0 Å². The van der Waals surface area contributed by atoms with Crippen molar-refractivity contribution in [2.75, 3.05) is 0 Å². The first-order valence-electron chi connectivity index (χ1n) is 6.61. The minimum absolute atomic E-state index is 0.335. The van der Waals surface area contributed by atoms with Crippen molar-refractivity contribution in [3.8, 4) is 0 Å². The molecular weight excluding hydrogens is 236 g/mol. The summed E-state index contributed by atoms with van der Waals surface area (Å²) in [4.78, 5) is 10.9. The minimum atomic E-state index is -0.876. The smallest absolute Gasteiger partial charge is 0.335 e. The van der Waals surface area contributed by atoms with Gasteiger partial charge in [0.2, 0.25) is 0 Å². The van der Waals surface area contributed by atoms with Crippen molar-refractivity contribution in [1.29, 1.82) is 0 Å². The maximum Gasteiger partial charge on any atom is 0.335 e. The fraction of sp³-hybridized carbons (Fsp3) is 0.353. The molecule has 0 saturated carbocycles. The Morgan fingerprint density at radius 1 is 1.05 bits per heavy atom. The lowest BCUT2D eigenvalue weighted by Crippen LogP contribution is -2.06. The summed E-state index contributed by atoms with van der Waals surface area (Å²) in [5, 5.41) is 11.1. The topological polar surface area (TPSA) is 37.3 Å². The molecule has 0 aliphatic rings. The zero-order valence-corrected chi connectivity index (χ0v) is 11.7. The van der Waals surface area contributed by atoms with E-state index in [2.05, 4.69) is 32.9 Å². The first-order valence-corrected chi connectivity index (χ1v) is 6.61. The van der Waals surface area contributed by atoms with E-state index in [1.54, 1.807) is 12.1 Å². The van der Waals surface area contributed by atoms with Gasteiger partial charge in [-0.15, -0.1) is 0 Å². The highest BCUT2D eigenvalue weighted by atomic mass is 16.4. The van der Waals surface area contributed by atoms with Crippen LogP contribution in [0.1, 0.15) is 43.1 Å². The number of fused-ring (bicyclic) bond motifs is 1. The van der Waals surface area contributed by atoms with E-state index >= 15 is 0 Å². The highest BCUT2D eigenvalue weighted by Gasteiger charge is 2.10. The number of carbonyl (C=O) groups is 1.